The molecule has 0 saturated carbocycles. The molecule has 0 fully saturated rings. The minimum atomic E-state index is -0.584. The molecule has 2 amide bonds. The Morgan fingerprint density at radius 1 is 1.24 bits per heavy atom. The van der Waals surface area contributed by atoms with Crippen molar-refractivity contribution in [1.29, 1.82) is 5.26 Å². The van der Waals surface area contributed by atoms with Gasteiger partial charge in [-0.15, -0.1) is 11.3 Å². The summed E-state index contributed by atoms with van der Waals surface area (Å²) < 4.78 is 0. The van der Waals surface area contributed by atoms with Crippen LogP contribution in [-0.2, 0) is 10.2 Å². The average Bonchev–Trinajstić information content (AvgIpc) is 3.26. The van der Waals surface area contributed by atoms with E-state index in [-0.39, 0.29) is 11.8 Å². The molecule has 0 atom stereocenters. The predicted molar refractivity (Wildman–Crippen MR) is 113 cm³/mol. The summed E-state index contributed by atoms with van der Waals surface area (Å²) in [6, 6.07) is 14.4. The fraction of sp³-hybridized carbons (Fsp3) is 0.182. The van der Waals surface area contributed by atoms with Crippen LogP contribution in [0.4, 0.5) is 10.8 Å². The number of nitrogens with one attached hydrogen (secondary N) is 1. The summed E-state index contributed by atoms with van der Waals surface area (Å²) >= 11 is 1.33. The zero-order valence-electron chi connectivity index (χ0n) is 16.2. The van der Waals surface area contributed by atoms with Gasteiger partial charge in [0.15, 0.2) is 5.13 Å². The lowest BCUT2D eigenvalue weighted by molar-refractivity contribution is -0.121. The highest BCUT2D eigenvalue weighted by molar-refractivity contribution is 7.14. The smallest absolute Gasteiger partial charge is 0.257 e. The number of nitriles is 1. The van der Waals surface area contributed by atoms with Gasteiger partial charge in [-0.05, 0) is 49.7 Å². The lowest BCUT2D eigenvalue weighted by Gasteiger charge is -2.16. The number of fused-ring (bicyclic) bond motifs is 1. The molecule has 0 bridgehead atoms. The molecule has 29 heavy (non-hydrogen) atoms. The van der Waals surface area contributed by atoms with E-state index in [0.29, 0.717) is 16.3 Å². The normalized spacial score (nSPS) is 14.4. The highest BCUT2D eigenvalue weighted by Gasteiger charge is 2.42. The van der Waals surface area contributed by atoms with Gasteiger partial charge in [0.05, 0.1) is 22.7 Å². The maximum atomic E-state index is 12.5. The molecule has 0 radical (unpaired) electrons. The number of amides is 2. The van der Waals surface area contributed by atoms with Gasteiger partial charge < -0.3 is 4.90 Å². The Morgan fingerprint density at radius 3 is 2.79 bits per heavy atom. The molecule has 0 unspecified atom stereocenters. The molecule has 4 rings (SSSR count). The quantitative estimate of drug-likeness (QED) is 0.712. The van der Waals surface area contributed by atoms with Crippen LogP contribution in [0.2, 0.25) is 0 Å². The Balaban J connectivity index is 1.59. The Hall–Kier alpha value is -3.50. The van der Waals surface area contributed by atoms with E-state index in [1.54, 1.807) is 36.2 Å². The number of carbonyl (C=O) groups is 2. The summed E-state index contributed by atoms with van der Waals surface area (Å²) in [7, 11) is 1.79. The third-order valence-electron chi connectivity index (χ3n) is 5.14. The van der Waals surface area contributed by atoms with E-state index in [1.165, 1.54) is 11.3 Å². The standard InChI is InChI=1S/C22H18N4O2S/c1-22(2)16-10-14(7-8-18(16)26(3)20(22)28)17-12-29-21(24-17)25-19(27)15-6-4-5-13(9-15)11-23/h4-10,12H,1-3H3,(H,24,25,27). The lowest BCUT2D eigenvalue weighted by atomic mass is 9.85. The largest absolute Gasteiger partial charge is 0.314 e. The van der Waals surface area contributed by atoms with Crippen LogP contribution >= 0.6 is 11.3 Å². The molecule has 6 nitrogen and oxygen atoms in total. The van der Waals surface area contributed by atoms with Crippen LogP contribution in [0.25, 0.3) is 11.3 Å². The highest BCUT2D eigenvalue weighted by Crippen LogP contribution is 2.42. The molecule has 0 spiro atoms. The topological polar surface area (TPSA) is 86.1 Å². The number of benzene rings is 2. The molecular formula is C22H18N4O2S. The highest BCUT2D eigenvalue weighted by atomic mass is 32.1. The van der Waals surface area contributed by atoms with E-state index < -0.39 is 5.41 Å². The second-order valence-corrected chi connectivity index (χ2v) is 8.26. The van der Waals surface area contributed by atoms with Gasteiger partial charge in [-0.2, -0.15) is 5.26 Å². The van der Waals surface area contributed by atoms with Crippen molar-refractivity contribution in [1.82, 2.24) is 4.98 Å². The zero-order valence-corrected chi connectivity index (χ0v) is 17.0. The predicted octanol–water partition coefficient (Wildman–Crippen LogP) is 4.19. The van der Waals surface area contributed by atoms with Gasteiger partial charge in [0.2, 0.25) is 5.91 Å². The van der Waals surface area contributed by atoms with Crippen molar-refractivity contribution >= 4 is 34.0 Å². The molecular weight excluding hydrogens is 384 g/mol. The van der Waals surface area contributed by atoms with E-state index in [1.807, 2.05) is 43.5 Å². The van der Waals surface area contributed by atoms with Crippen molar-refractivity contribution in [3.8, 4) is 17.3 Å². The maximum absolute atomic E-state index is 12.5. The van der Waals surface area contributed by atoms with Crippen LogP contribution in [0, 0.1) is 11.3 Å². The fourth-order valence-corrected chi connectivity index (χ4v) is 4.21. The molecule has 7 heteroatoms. The van der Waals surface area contributed by atoms with E-state index in [9.17, 15) is 9.59 Å². The number of anilines is 2. The van der Waals surface area contributed by atoms with Gasteiger partial charge in [-0.25, -0.2) is 4.98 Å². The van der Waals surface area contributed by atoms with Crippen molar-refractivity contribution in [3.63, 3.8) is 0 Å². The first-order valence-electron chi connectivity index (χ1n) is 9.01. The second-order valence-electron chi connectivity index (χ2n) is 7.41. The zero-order chi connectivity index (χ0) is 20.8. The number of aromatic nitrogens is 1. The lowest BCUT2D eigenvalue weighted by Crippen LogP contribution is -2.33. The molecule has 1 aliphatic rings. The molecule has 1 N–H and O–H groups in total. The monoisotopic (exact) mass is 402 g/mol. The minimum absolute atomic E-state index is 0.0653. The van der Waals surface area contributed by atoms with Gasteiger partial charge in [-0.3, -0.25) is 14.9 Å². The first-order valence-corrected chi connectivity index (χ1v) is 9.89. The van der Waals surface area contributed by atoms with Crippen molar-refractivity contribution in [3.05, 3.63) is 64.5 Å². The molecule has 0 aliphatic carbocycles. The third kappa shape index (κ3) is 3.18. The number of thiazole rings is 1. The molecule has 2 heterocycles. The molecule has 144 valence electrons. The maximum Gasteiger partial charge on any atom is 0.257 e. The summed E-state index contributed by atoms with van der Waals surface area (Å²) in [6.45, 7) is 3.84. The van der Waals surface area contributed by atoms with Crippen molar-refractivity contribution in [2.45, 2.75) is 19.3 Å². The molecule has 0 saturated heterocycles. The Bertz CT molecular complexity index is 1190. The number of carbonyl (C=O) groups excluding carboxylic acids is 2. The van der Waals surface area contributed by atoms with Crippen LogP contribution in [-0.4, -0.2) is 23.8 Å². The number of rotatable bonds is 3. The molecule has 2 aromatic carbocycles. The molecule has 1 aromatic heterocycles. The van der Waals surface area contributed by atoms with E-state index >= 15 is 0 Å². The molecule has 3 aromatic rings. The summed E-state index contributed by atoms with van der Waals surface area (Å²) in [4.78, 5) is 31.1. The third-order valence-corrected chi connectivity index (χ3v) is 5.90. The second kappa shape index (κ2) is 6.83. The van der Waals surface area contributed by atoms with Crippen LogP contribution in [0.15, 0.2) is 47.8 Å². The summed E-state index contributed by atoms with van der Waals surface area (Å²) in [6.07, 6.45) is 0. The summed E-state index contributed by atoms with van der Waals surface area (Å²) in [5, 5.41) is 14.1. The van der Waals surface area contributed by atoms with Gasteiger partial charge in [0, 0.05) is 29.2 Å². The average molecular weight is 402 g/mol. The number of likely N-dealkylation sites (N-methyl/N-ethyl adjacent to an activating group) is 1. The van der Waals surface area contributed by atoms with Crippen molar-refractivity contribution in [2.24, 2.45) is 0 Å². The van der Waals surface area contributed by atoms with Crippen LogP contribution < -0.4 is 10.2 Å². The van der Waals surface area contributed by atoms with Gasteiger partial charge in [0.25, 0.3) is 5.91 Å². The summed E-state index contributed by atoms with van der Waals surface area (Å²) in [5.41, 5.74) is 3.75. The van der Waals surface area contributed by atoms with E-state index in [4.69, 9.17) is 5.26 Å². The minimum Gasteiger partial charge on any atom is -0.314 e. The summed E-state index contributed by atoms with van der Waals surface area (Å²) in [5.74, 6) is -0.249. The van der Waals surface area contributed by atoms with Gasteiger partial charge in [0.1, 0.15) is 0 Å². The Morgan fingerprint density at radius 2 is 2.03 bits per heavy atom. The Labute approximate surface area is 172 Å². The van der Waals surface area contributed by atoms with Gasteiger partial charge >= 0.3 is 0 Å². The fourth-order valence-electron chi connectivity index (χ4n) is 3.50. The van der Waals surface area contributed by atoms with Crippen LogP contribution in [0.3, 0.4) is 0 Å². The van der Waals surface area contributed by atoms with Gasteiger partial charge in [-0.1, -0.05) is 12.1 Å². The number of nitrogens with zero attached hydrogens (tertiary/aromatic N) is 3. The molecule has 1 aliphatic heterocycles. The first kappa shape index (κ1) is 18.8. The van der Waals surface area contributed by atoms with Crippen LogP contribution in [0.5, 0.6) is 0 Å². The van der Waals surface area contributed by atoms with E-state index in [2.05, 4.69) is 10.3 Å². The Kier molecular flexibility index (Phi) is 4.44. The first-order chi connectivity index (χ1) is 13.8. The number of hydrogen-bond donors (Lipinski definition) is 1. The van der Waals surface area contributed by atoms with Crippen molar-refractivity contribution in [2.75, 3.05) is 17.3 Å². The van der Waals surface area contributed by atoms with E-state index in [0.717, 1.165) is 22.5 Å². The number of hydrogen-bond acceptors (Lipinski definition) is 5. The van der Waals surface area contributed by atoms with Crippen molar-refractivity contribution < 1.29 is 9.59 Å². The SMILES string of the molecule is CN1C(=O)C(C)(C)c2cc(-c3csc(NC(=O)c4cccc(C#N)c4)n3)ccc21. The van der Waals surface area contributed by atoms with Crippen LogP contribution in [0.1, 0.15) is 35.3 Å².